The zero-order chi connectivity index (χ0) is 19.8. The molecule has 29 heavy (non-hydrogen) atoms. The molecule has 2 fully saturated rings. The largest absolute Gasteiger partial charge is 0.352 e. The summed E-state index contributed by atoms with van der Waals surface area (Å²) in [6.07, 6.45) is 3.88. The van der Waals surface area contributed by atoms with Gasteiger partial charge in [-0.3, -0.25) is 0 Å². The molecule has 0 bridgehead atoms. The summed E-state index contributed by atoms with van der Waals surface area (Å²) in [5, 5.41) is 3.95. The van der Waals surface area contributed by atoms with Crippen LogP contribution in [0.4, 0.5) is 10.6 Å². The lowest BCUT2D eigenvalue weighted by Crippen LogP contribution is -2.52. The molecule has 2 saturated heterocycles. The molecule has 150 valence electrons. The number of likely N-dealkylation sites (tertiary alicyclic amines) is 1. The Kier molecular flexibility index (Phi) is 5.01. The maximum Gasteiger partial charge on any atom is 0.320 e. The molecule has 0 saturated carbocycles. The third-order valence-electron chi connectivity index (χ3n) is 5.73. The number of fused-ring (bicyclic) bond motifs is 1. The summed E-state index contributed by atoms with van der Waals surface area (Å²) in [5.41, 5.74) is 2.24. The second-order valence-electron chi connectivity index (χ2n) is 7.48. The Hall–Kier alpha value is -2.38. The molecule has 0 atom stereocenters. The number of carbonyl (C=O) groups excluding carboxylic acids is 1. The first-order valence-electron chi connectivity index (χ1n) is 9.97. The van der Waals surface area contributed by atoms with Crippen molar-refractivity contribution in [3.63, 3.8) is 0 Å². The Balaban J connectivity index is 1.40. The van der Waals surface area contributed by atoms with Gasteiger partial charge in [-0.1, -0.05) is 23.7 Å². The zero-order valence-corrected chi connectivity index (χ0v) is 17.6. The molecule has 0 unspecified atom stereocenters. The van der Waals surface area contributed by atoms with Crippen LogP contribution >= 0.6 is 22.9 Å². The maximum atomic E-state index is 12.7. The van der Waals surface area contributed by atoms with Gasteiger partial charge in [-0.2, -0.15) is 0 Å². The number of amides is 2. The Bertz CT molecular complexity index is 1020. The lowest BCUT2D eigenvalue weighted by molar-refractivity contribution is 0.159. The van der Waals surface area contributed by atoms with E-state index >= 15 is 0 Å². The minimum Gasteiger partial charge on any atom is -0.352 e. The summed E-state index contributed by atoms with van der Waals surface area (Å²) in [6.45, 7) is 4.79. The molecule has 0 aliphatic carbocycles. The van der Waals surface area contributed by atoms with E-state index in [9.17, 15) is 4.79 Å². The summed E-state index contributed by atoms with van der Waals surface area (Å²) in [4.78, 5) is 29.0. The number of thiophene rings is 1. The van der Waals surface area contributed by atoms with Crippen molar-refractivity contribution >= 4 is 45.0 Å². The summed E-state index contributed by atoms with van der Waals surface area (Å²) >= 11 is 7.70. The highest BCUT2D eigenvalue weighted by Crippen LogP contribution is 2.38. The normalized spacial score (nSPS) is 17.3. The van der Waals surface area contributed by atoms with Crippen LogP contribution in [0.3, 0.4) is 0 Å². The average molecular weight is 428 g/mol. The Morgan fingerprint density at radius 3 is 2.34 bits per heavy atom. The predicted octanol–water partition coefficient (Wildman–Crippen LogP) is 4.35. The summed E-state index contributed by atoms with van der Waals surface area (Å²) in [6, 6.07) is 8.08. The number of hydrogen-bond acceptors (Lipinski definition) is 5. The van der Waals surface area contributed by atoms with E-state index in [4.69, 9.17) is 11.6 Å². The number of carbonyl (C=O) groups is 1. The summed E-state index contributed by atoms with van der Waals surface area (Å²) < 4.78 is 0. The van der Waals surface area contributed by atoms with E-state index in [1.54, 1.807) is 17.7 Å². The van der Waals surface area contributed by atoms with E-state index in [1.807, 2.05) is 34.1 Å². The van der Waals surface area contributed by atoms with Gasteiger partial charge in [-0.05, 0) is 30.5 Å². The summed E-state index contributed by atoms with van der Waals surface area (Å²) in [7, 11) is 0. The van der Waals surface area contributed by atoms with Crippen LogP contribution in [0.25, 0.3) is 21.3 Å². The first-order valence-corrected chi connectivity index (χ1v) is 11.2. The van der Waals surface area contributed by atoms with Crippen LogP contribution in [0.2, 0.25) is 5.02 Å². The van der Waals surface area contributed by atoms with Crippen molar-refractivity contribution in [1.82, 2.24) is 19.8 Å². The molecular formula is C21H22ClN5OS. The number of piperazine rings is 1. The summed E-state index contributed by atoms with van der Waals surface area (Å²) in [5.74, 6) is 0.953. The highest BCUT2D eigenvalue weighted by atomic mass is 35.5. The number of hydrogen-bond donors (Lipinski definition) is 0. The van der Waals surface area contributed by atoms with Crippen LogP contribution in [-0.4, -0.2) is 65.1 Å². The molecule has 2 aliphatic rings. The Labute approximate surface area is 178 Å². The van der Waals surface area contributed by atoms with Gasteiger partial charge in [-0.25, -0.2) is 14.8 Å². The van der Waals surface area contributed by atoms with Crippen molar-refractivity contribution in [3.8, 4) is 11.1 Å². The molecule has 5 rings (SSSR count). The van der Waals surface area contributed by atoms with Gasteiger partial charge in [-0.15, -0.1) is 11.3 Å². The number of aromatic nitrogens is 2. The SMILES string of the molecule is O=C(N1CCCC1)N1CCN(c2ncnc3scc(-c4ccc(Cl)cc4)c23)CC1. The number of rotatable bonds is 2. The van der Waals surface area contributed by atoms with Gasteiger partial charge in [0.1, 0.15) is 17.0 Å². The number of urea groups is 1. The van der Waals surface area contributed by atoms with Crippen molar-refractivity contribution in [2.75, 3.05) is 44.2 Å². The second kappa shape index (κ2) is 7.80. The zero-order valence-electron chi connectivity index (χ0n) is 16.1. The van der Waals surface area contributed by atoms with Gasteiger partial charge in [0.2, 0.25) is 0 Å². The lowest BCUT2D eigenvalue weighted by atomic mass is 10.1. The van der Waals surface area contributed by atoms with Crippen LogP contribution in [0.5, 0.6) is 0 Å². The highest BCUT2D eigenvalue weighted by Gasteiger charge is 2.28. The Morgan fingerprint density at radius 2 is 1.62 bits per heavy atom. The number of nitrogens with zero attached hydrogens (tertiary/aromatic N) is 5. The van der Waals surface area contributed by atoms with Gasteiger partial charge in [0, 0.05) is 55.2 Å². The molecule has 3 aromatic rings. The molecule has 2 aliphatic heterocycles. The fourth-order valence-electron chi connectivity index (χ4n) is 4.16. The first kappa shape index (κ1) is 18.6. The number of anilines is 1. The smallest absolute Gasteiger partial charge is 0.320 e. The molecule has 0 N–H and O–H groups in total. The topological polar surface area (TPSA) is 52.6 Å². The van der Waals surface area contributed by atoms with Crippen LogP contribution in [0.1, 0.15) is 12.8 Å². The van der Waals surface area contributed by atoms with Crippen molar-refractivity contribution < 1.29 is 4.79 Å². The van der Waals surface area contributed by atoms with Crippen LogP contribution in [-0.2, 0) is 0 Å². The molecule has 6 nitrogen and oxygen atoms in total. The number of halogens is 1. The molecule has 4 heterocycles. The standard InChI is InChI=1S/C21H22ClN5OS/c22-16-5-3-15(4-6-16)17-13-29-20-18(17)19(23-14-24-20)25-9-11-27(12-10-25)21(28)26-7-1-2-8-26/h3-6,13-14H,1-2,7-12H2. The van der Waals surface area contributed by atoms with Gasteiger partial charge in [0.15, 0.2) is 0 Å². The molecule has 2 aromatic heterocycles. The maximum absolute atomic E-state index is 12.7. The molecule has 2 amide bonds. The van der Waals surface area contributed by atoms with Crippen molar-refractivity contribution in [1.29, 1.82) is 0 Å². The van der Waals surface area contributed by atoms with Crippen molar-refractivity contribution in [2.45, 2.75) is 12.8 Å². The Morgan fingerprint density at radius 1 is 0.931 bits per heavy atom. The third-order valence-corrected chi connectivity index (χ3v) is 6.87. The van der Waals surface area contributed by atoms with Gasteiger partial charge < -0.3 is 14.7 Å². The molecule has 0 radical (unpaired) electrons. The fraction of sp³-hybridized carbons (Fsp3) is 0.381. The minimum absolute atomic E-state index is 0.187. The van der Waals surface area contributed by atoms with Crippen molar-refractivity contribution in [2.24, 2.45) is 0 Å². The van der Waals surface area contributed by atoms with Crippen LogP contribution in [0, 0.1) is 0 Å². The van der Waals surface area contributed by atoms with E-state index in [0.717, 1.165) is 84.3 Å². The first-order chi connectivity index (χ1) is 14.2. The molecule has 0 spiro atoms. The van der Waals surface area contributed by atoms with Crippen molar-refractivity contribution in [3.05, 3.63) is 41.0 Å². The van der Waals surface area contributed by atoms with Gasteiger partial charge in [0.25, 0.3) is 0 Å². The van der Waals surface area contributed by atoms with Crippen LogP contribution in [0.15, 0.2) is 36.0 Å². The predicted molar refractivity (Wildman–Crippen MR) is 118 cm³/mol. The number of benzene rings is 1. The quantitative estimate of drug-likeness (QED) is 0.610. The lowest BCUT2D eigenvalue weighted by Gasteiger charge is -2.37. The van der Waals surface area contributed by atoms with Gasteiger partial charge in [0.05, 0.1) is 5.39 Å². The highest BCUT2D eigenvalue weighted by molar-refractivity contribution is 7.17. The van der Waals surface area contributed by atoms with E-state index < -0.39 is 0 Å². The molecule has 1 aromatic carbocycles. The third kappa shape index (κ3) is 3.53. The fourth-order valence-corrected chi connectivity index (χ4v) is 5.20. The molecule has 8 heteroatoms. The van der Waals surface area contributed by atoms with E-state index in [2.05, 4.69) is 20.2 Å². The van der Waals surface area contributed by atoms with E-state index in [0.29, 0.717) is 0 Å². The minimum atomic E-state index is 0.187. The van der Waals surface area contributed by atoms with Crippen LogP contribution < -0.4 is 4.90 Å². The van der Waals surface area contributed by atoms with Gasteiger partial charge >= 0.3 is 6.03 Å². The van der Waals surface area contributed by atoms with E-state index in [1.165, 1.54) is 0 Å². The average Bonchev–Trinajstić information content (AvgIpc) is 3.44. The monoisotopic (exact) mass is 427 g/mol. The second-order valence-corrected chi connectivity index (χ2v) is 8.78. The van der Waals surface area contributed by atoms with E-state index in [-0.39, 0.29) is 6.03 Å². The molecular weight excluding hydrogens is 406 g/mol.